The van der Waals surface area contributed by atoms with Gasteiger partial charge in [-0.05, 0) is 35.7 Å². The van der Waals surface area contributed by atoms with E-state index >= 15 is 0 Å². The summed E-state index contributed by atoms with van der Waals surface area (Å²) in [5.74, 6) is -0.157. The summed E-state index contributed by atoms with van der Waals surface area (Å²) in [6, 6.07) is 15.9. The third-order valence-corrected chi connectivity index (χ3v) is 5.27. The van der Waals surface area contributed by atoms with Crippen molar-refractivity contribution < 1.29 is 9.59 Å². The molecule has 1 aliphatic rings. The molecular weight excluding hydrogens is 364 g/mol. The lowest BCUT2D eigenvalue weighted by Gasteiger charge is -2.36. The largest absolute Gasteiger partial charge is 0.345 e. The van der Waals surface area contributed by atoms with Crippen molar-refractivity contribution in [2.24, 2.45) is 0 Å². The molecule has 2 N–H and O–H groups in total. The molecule has 0 aromatic heterocycles. The van der Waals surface area contributed by atoms with Crippen LogP contribution in [-0.4, -0.2) is 61.9 Å². The van der Waals surface area contributed by atoms with Gasteiger partial charge in [0, 0.05) is 51.0 Å². The lowest BCUT2D eigenvalue weighted by atomic mass is 10.0. The van der Waals surface area contributed by atoms with Crippen molar-refractivity contribution in [2.45, 2.75) is 19.4 Å². The van der Waals surface area contributed by atoms with Crippen LogP contribution in [0.4, 0.5) is 5.69 Å². The van der Waals surface area contributed by atoms with E-state index in [-0.39, 0.29) is 17.9 Å². The molecule has 29 heavy (non-hydrogen) atoms. The summed E-state index contributed by atoms with van der Waals surface area (Å²) < 4.78 is 0. The monoisotopic (exact) mass is 394 g/mol. The Bertz CT molecular complexity index is 848. The number of hydrogen-bond donors (Lipinski definition) is 2. The maximum atomic E-state index is 12.7. The minimum Gasteiger partial charge on any atom is -0.345 e. The summed E-state index contributed by atoms with van der Waals surface area (Å²) in [5, 5.41) is 6.37. The number of hydrogen-bond acceptors (Lipinski definition) is 4. The molecule has 0 spiro atoms. The lowest BCUT2D eigenvalue weighted by molar-refractivity contribution is -0.118. The predicted octanol–water partition coefficient (Wildman–Crippen LogP) is 2.54. The van der Waals surface area contributed by atoms with Gasteiger partial charge in [0.2, 0.25) is 5.91 Å². The second-order valence-corrected chi connectivity index (χ2v) is 7.61. The zero-order valence-electron chi connectivity index (χ0n) is 17.4. The zero-order valence-corrected chi connectivity index (χ0v) is 17.4. The van der Waals surface area contributed by atoms with E-state index in [1.54, 1.807) is 32.3 Å². The Morgan fingerprint density at radius 3 is 2.62 bits per heavy atom. The average Bonchev–Trinajstić information content (AvgIpc) is 2.73. The molecular formula is C23H30N4O2. The van der Waals surface area contributed by atoms with Crippen molar-refractivity contribution in [3.05, 3.63) is 65.2 Å². The highest BCUT2D eigenvalue weighted by Crippen LogP contribution is 2.23. The normalized spacial score (nSPS) is 17.0. The number of aryl methyl sites for hydroxylation is 1. The SMILES string of the molecule is CCc1ccc(C2CNCCN2CC(=O)Nc2cccc(C(=O)N(C)C)c2)cc1. The van der Waals surface area contributed by atoms with Crippen molar-refractivity contribution >= 4 is 17.5 Å². The molecule has 1 atom stereocenters. The van der Waals surface area contributed by atoms with E-state index in [1.807, 2.05) is 6.07 Å². The first-order valence-electron chi connectivity index (χ1n) is 10.1. The number of rotatable bonds is 6. The third-order valence-electron chi connectivity index (χ3n) is 5.27. The summed E-state index contributed by atoms with van der Waals surface area (Å²) in [6.07, 6.45) is 1.02. The van der Waals surface area contributed by atoms with Crippen LogP contribution in [0, 0.1) is 0 Å². The van der Waals surface area contributed by atoms with Gasteiger partial charge in [0.15, 0.2) is 0 Å². The fraction of sp³-hybridized carbons (Fsp3) is 0.391. The Morgan fingerprint density at radius 1 is 1.17 bits per heavy atom. The molecule has 2 aromatic rings. The zero-order chi connectivity index (χ0) is 20.8. The maximum absolute atomic E-state index is 12.7. The molecule has 1 aliphatic heterocycles. The standard InChI is InChI=1S/C23H30N4O2/c1-4-17-8-10-18(11-9-17)21-15-24-12-13-27(21)16-22(28)25-20-7-5-6-19(14-20)23(29)26(2)3/h5-11,14,21,24H,4,12-13,15-16H2,1-3H3,(H,25,28). The molecule has 0 saturated carbocycles. The summed E-state index contributed by atoms with van der Waals surface area (Å²) in [6.45, 7) is 4.96. The Hall–Kier alpha value is -2.70. The highest BCUT2D eigenvalue weighted by Gasteiger charge is 2.25. The van der Waals surface area contributed by atoms with Crippen LogP contribution in [0.5, 0.6) is 0 Å². The van der Waals surface area contributed by atoms with Gasteiger partial charge in [-0.2, -0.15) is 0 Å². The van der Waals surface area contributed by atoms with E-state index < -0.39 is 0 Å². The molecule has 0 radical (unpaired) electrons. The minimum absolute atomic E-state index is 0.0727. The van der Waals surface area contributed by atoms with Crippen molar-refractivity contribution in [1.29, 1.82) is 0 Å². The number of benzene rings is 2. The summed E-state index contributed by atoms with van der Waals surface area (Å²) in [7, 11) is 3.43. The molecule has 0 aliphatic carbocycles. The Morgan fingerprint density at radius 2 is 1.93 bits per heavy atom. The molecule has 154 valence electrons. The molecule has 6 nitrogen and oxygen atoms in total. The van der Waals surface area contributed by atoms with Gasteiger partial charge in [0.05, 0.1) is 6.54 Å². The van der Waals surface area contributed by atoms with Crippen molar-refractivity contribution in [1.82, 2.24) is 15.1 Å². The molecule has 1 saturated heterocycles. The fourth-order valence-electron chi connectivity index (χ4n) is 3.61. The van der Waals surface area contributed by atoms with E-state index in [9.17, 15) is 9.59 Å². The molecule has 2 aromatic carbocycles. The summed E-state index contributed by atoms with van der Waals surface area (Å²) in [5.41, 5.74) is 3.74. The fourth-order valence-corrected chi connectivity index (χ4v) is 3.61. The van der Waals surface area contributed by atoms with Crippen LogP contribution in [0.25, 0.3) is 0 Å². The van der Waals surface area contributed by atoms with Crippen LogP contribution in [0.1, 0.15) is 34.5 Å². The average molecular weight is 395 g/mol. The van der Waals surface area contributed by atoms with Gasteiger partial charge in [-0.15, -0.1) is 0 Å². The van der Waals surface area contributed by atoms with Crippen LogP contribution < -0.4 is 10.6 Å². The number of carbonyl (C=O) groups is 2. The molecule has 1 fully saturated rings. The van der Waals surface area contributed by atoms with Gasteiger partial charge in [-0.3, -0.25) is 14.5 Å². The molecule has 6 heteroatoms. The van der Waals surface area contributed by atoms with Gasteiger partial charge < -0.3 is 15.5 Å². The van der Waals surface area contributed by atoms with Crippen LogP contribution >= 0.6 is 0 Å². The second-order valence-electron chi connectivity index (χ2n) is 7.61. The molecule has 0 bridgehead atoms. The van der Waals surface area contributed by atoms with Gasteiger partial charge >= 0.3 is 0 Å². The number of anilines is 1. The predicted molar refractivity (Wildman–Crippen MR) is 116 cm³/mol. The number of piperazine rings is 1. The maximum Gasteiger partial charge on any atom is 0.253 e. The Balaban J connectivity index is 1.66. The highest BCUT2D eigenvalue weighted by molar-refractivity contribution is 5.97. The Labute approximate surface area is 172 Å². The van der Waals surface area contributed by atoms with Crippen LogP contribution in [0.2, 0.25) is 0 Å². The summed E-state index contributed by atoms with van der Waals surface area (Å²) >= 11 is 0. The Kier molecular flexibility index (Phi) is 7.01. The van der Waals surface area contributed by atoms with Crippen molar-refractivity contribution in [3.8, 4) is 0 Å². The van der Waals surface area contributed by atoms with E-state index in [1.165, 1.54) is 16.0 Å². The molecule has 1 unspecified atom stereocenters. The van der Waals surface area contributed by atoms with Crippen LogP contribution in [0.15, 0.2) is 48.5 Å². The lowest BCUT2D eigenvalue weighted by Crippen LogP contribution is -2.48. The van der Waals surface area contributed by atoms with Gasteiger partial charge in [0.1, 0.15) is 0 Å². The van der Waals surface area contributed by atoms with E-state index in [4.69, 9.17) is 0 Å². The summed E-state index contributed by atoms with van der Waals surface area (Å²) in [4.78, 5) is 28.6. The smallest absolute Gasteiger partial charge is 0.253 e. The quantitative estimate of drug-likeness (QED) is 0.790. The first kappa shape index (κ1) is 21.0. The van der Waals surface area contributed by atoms with Crippen LogP contribution in [-0.2, 0) is 11.2 Å². The first-order chi connectivity index (χ1) is 14.0. The second kappa shape index (κ2) is 9.67. The number of carbonyl (C=O) groups excluding carboxylic acids is 2. The number of nitrogens with zero attached hydrogens (tertiary/aromatic N) is 2. The molecule has 2 amide bonds. The van der Waals surface area contributed by atoms with Crippen molar-refractivity contribution in [3.63, 3.8) is 0 Å². The topological polar surface area (TPSA) is 64.7 Å². The van der Waals surface area contributed by atoms with Gasteiger partial charge in [-0.25, -0.2) is 0 Å². The van der Waals surface area contributed by atoms with E-state index in [2.05, 4.69) is 46.7 Å². The first-order valence-corrected chi connectivity index (χ1v) is 10.1. The van der Waals surface area contributed by atoms with E-state index in [0.717, 1.165) is 26.1 Å². The van der Waals surface area contributed by atoms with Crippen LogP contribution in [0.3, 0.4) is 0 Å². The minimum atomic E-state index is -0.0844. The van der Waals surface area contributed by atoms with Gasteiger partial charge in [-0.1, -0.05) is 37.3 Å². The number of nitrogens with one attached hydrogen (secondary N) is 2. The highest BCUT2D eigenvalue weighted by atomic mass is 16.2. The van der Waals surface area contributed by atoms with Gasteiger partial charge in [0.25, 0.3) is 5.91 Å². The molecule has 3 rings (SSSR count). The van der Waals surface area contributed by atoms with Crippen molar-refractivity contribution in [2.75, 3.05) is 45.6 Å². The third kappa shape index (κ3) is 5.43. The van der Waals surface area contributed by atoms with E-state index in [0.29, 0.717) is 17.8 Å². The number of amides is 2. The molecule has 1 heterocycles.